The lowest BCUT2D eigenvalue weighted by Crippen LogP contribution is -2.36. The van der Waals surface area contributed by atoms with E-state index in [-0.39, 0.29) is 0 Å². The van der Waals surface area contributed by atoms with E-state index in [1.807, 2.05) is 0 Å². The van der Waals surface area contributed by atoms with Crippen molar-refractivity contribution in [1.29, 1.82) is 0 Å². The summed E-state index contributed by atoms with van der Waals surface area (Å²) in [5.41, 5.74) is 2.72. The zero-order valence-electron chi connectivity index (χ0n) is 14.4. The van der Waals surface area contributed by atoms with Crippen LogP contribution < -0.4 is 5.32 Å². The van der Waals surface area contributed by atoms with Crippen molar-refractivity contribution in [2.24, 2.45) is 0 Å². The molecule has 1 aromatic carbocycles. The molecule has 0 heterocycles. The van der Waals surface area contributed by atoms with Crippen molar-refractivity contribution in [3.63, 3.8) is 0 Å². The Bertz CT molecular complexity index is 393. The topological polar surface area (TPSA) is 24.5 Å². The summed E-state index contributed by atoms with van der Waals surface area (Å²) in [5.74, 6) is 0. The van der Waals surface area contributed by atoms with Crippen LogP contribution in [0.3, 0.4) is 0 Å². The SMILES string of the molecule is CCNC(CCN(CCOC)C(C)C)c1cccc(C)c1. The first kappa shape index (κ1) is 18.1. The quantitative estimate of drug-likeness (QED) is 0.715. The van der Waals surface area contributed by atoms with Gasteiger partial charge >= 0.3 is 0 Å². The summed E-state index contributed by atoms with van der Waals surface area (Å²) in [7, 11) is 1.77. The van der Waals surface area contributed by atoms with Gasteiger partial charge in [0.25, 0.3) is 0 Å². The summed E-state index contributed by atoms with van der Waals surface area (Å²) >= 11 is 0. The molecule has 0 aliphatic carbocycles. The molecule has 1 aromatic rings. The number of nitrogens with one attached hydrogen (secondary N) is 1. The van der Waals surface area contributed by atoms with Crippen LogP contribution in [0.25, 0.3) is 0 Å². The molecule has 0 aliphatic heterocycles. The molecule has 3 nitrogen and oxygen atoms in total. The molecule has 1 atom stereocenters. The van der Waals surface area contributed by atoms with Crippen LogP contribution in [0.4, 0.5) is 0 Å². The van der Waals surface area contributed by atoms with Crippen LogP contribution in [0.15, 0.2) is 24.3 Å². The van der Waals surface area contributed by atoms with Crippen molar-refractivity contribution in [2.75, 3.05) is 33.4 Å². The van der Waals surface area contributed by atoms with E-state index in [9.17, 15) is 0 Å². The molecule has 0 aliphatic rings. The number of rotatable bonds is 10. The zero-order valence-corrected chi connectivity index (χ0v) is 14.4. The van der Waals surface area contributed by atoms with Crippen LogP contribution >= 0.6 is 0 Å². The van der Waals surface area contributed by atoms with Gasteiger partial charge in [0.2, 0.25) is 0 Å². The number of benzene rings is 1. The van der Waals surface area contributed by atoms with Crippen LogP contribution in [0.1, 0.15) is 44.4 Å². The van der Waals surface area contributed by atoms with E-state index < -0.39 is 0 Å². The molecule has 21 heavy (non-hydrogen) atoms. The summed E-state index contributed by atoms with van der Waals surface area (Å²) in [6.07, 6.45) is 1.12. The summed E-state index contributed by atoms with van der Waals surface area (Å²) in [6.45, 7) is 12.7. The molecule has 1 unspecified atom stereocenters. The summed E-state index contributed by atoms with van der Waals surface area (Å²) in [6, 6.07) is 9.82. The number of aryl methyl sites for hydroxylation is 1. The van der Waals surface area contributed by atoms with Gasteiger partial charge < -0.3 is 10.1 Å². The standard InChI is InChI=1S/C18H32N2O/c1-6-19-18(17-9-7-8-16(4)14-17)10-11-20(15(2)3)12-13-21-5/h7-9,14-15,18-19H,6,10-13H2,1-5H3. The maximum absolute atomic E-state index is 5.22. The third-order valence-corrected chi connectivity index (χ3v) is 3.91. The van der Waals surface area contributed by atoms with Gasteiger partial charge in [0.1, 0.15) is 0 Å². The van der Waals surface area contributed by atoms with Gasteiger partial charge in [-0.3, -0.25) is 4.90 Å². The van der Waals surface area contributed by atoms with Crippen molar-refractivity contribution in [1.82, 2.24) is 10.2 Å². The third kappa shape index (κ3) is 6.60. The fourth-order valence-electron chi connectivity index (χ4n) is 2.65. The lowest BCUT2D eigenvalue weighted by molar-refractivity contribution is 0.126. The fraction of sp³-hybridized carbons (Fsp3) is 0.667. The molecule has 0 spiro atoms. The maximum Gasteiger partial charge on any atom is 0.0589 e. The van der Waals surface area contributed by atoms with E-state index in [2.05, 4.69) is 62.2 Å². The highest BCUT2D eigenvalue weighted by Gasteiger charge is 2.14. The van der Waals surface area contributed by atoms with E-state index in [4.69, 9.17) is 4.74 Å². The number of ether oxygens (including phenoxy) is 1. The van der Waals surface area contributed by atoms with Crippen molar-refractivity contribution in [3.05, 3.63) is 35.4 Å². The van der Waals surface area contributed by atoms with Crippen LogP contribution in [0.2, 0.25) is 0 Å². The molecule has 0 saturated carbocycles. The Balaban J connectivity index is 2.65. The van der Waals surface area contributed by atoms with Crippen molar-refractivity contribution < 1.29 is 4.74 Å². The highest BCUT2D eigenvalue weighted by Crippen LogP contribution is 2.19. The molecule has 0 amide bonds. The van der Waals surface area contributed by atoms with Gasteiger partial charge in [0, 0.05) is 32.3 Å². The van der Waals surface area contributed by atoms with E-state index in [1.165, 1.54) is 11.1 Å². The van der Waals surface area contributed by atoms with Crippen LogP contribution in [-0.4, -0.2) is 44.3 Å². The van der Waals surface area contributed by atoms with Gasteiger partial charge in [0.15, 0.2) is 0 Å². The van der Waals surface area contributed by atoms with Gasteiger partial charge in [-0.2, -0.15) is 0 Å². The maximum atomic E-state index is 5.22. The molecule has 120 valence electrons. The average molecular weight is 292 g/mol. The largest absolute Gasteiger partial charge is 0.383 e. The van der Waals surface area contributed by atoms with E-state index in [0.717, 1.165) is 32.7 Å². The first-order valence-corrected chi connectivity index (χ1v) is 8.11. The minimum atomic E-state index is 0.429. The minimum absolute atomic E-state index is 0.429. The van der Waals surface area contributed by atoms with Gasteiger partial charge in [-0.1, -0.05) is 36.8 Å². The Kier molecular flexibility index (Phi) is 8.58. The number of nitrogens with zero attached hydrogens (tertiary/aromatic N) is 1. The van der Waals surface area contributed by atoms with E-state index in [0.29, 0.717) is 12.1 Å². The Labute approximate surface area is 130 Å². The highest BCUT2D eigenvalue weighted by atomic mass is 16.5. The Morgan fingerprint density at radius 3 is 2.57 bits per heavy atom. The van der Waals surface area contributed by atoms with Crippen molar-refractivity contribution in [3.8, 4) is 0 Å². The van der Waals surface area contributed by atoms with Gasteiger partial charge in [0.05, 0.1) is 6.61 Å². The van der Waals surface area contributed by atoms with Crippen molar-refractivity contribution in [2.45, 2.75) is 46.2 Å². The first-order chi connectivity index (χ1) is 10.1. The molecule has 0 radical (unpaired) electrons. The number of hydrogen-bond donors (Lipinski definition) is 1. The normalized spacial score (nSPS) is 13.1. The molecule has 1 rings (SSSR count). The van der Waals surface area contributed by atoms with Crippen LogP contribution in [0.5, 0.6) is 0 Å². The Morgan fingerprint density at radius 1 is 1.24 bits per heavy atom. The Morgan fingerprint density at radius 2 is 2.00 bits per heavy atom. The second-order valence-corrected chi connectivity index (χ2v) is 5.94. The van der Waals surface area contributed by atoms with E-state index in [1.54, 1.807) is 7.11 Å². The average Bonchev–Trinajstić information content (AvgIpc) is 2.45. The monoisotopic (exact) mass is 292 g/mol. The first-order valence-electron chi connectivity index (χ1n) is 8.11. The van der Waals surface area contributed by atoms with Gasteiger partial charge in [-0.05, 0) is 39.3 Å². The van der Waals surface area contributed by atoms with Crippen molar-refractivity contribution >= 4 is 0 Å². The minimum Gasteiger partial charge on any atom is -0.383 e. The predicted molar refractivity (Wildman–Crippen MR) is 90.8 cm³/mol. The smallest absolute Gasteiger partial charge is 0.0589 e. The van der Waals surface area contributed by atoms with Gasteiger partial charge in [-0.25, -0.2) is 0 Å². The zero-order chi connectivity index (χ0) is 15.7. The molecule has 0 aromatic heterocycles. The predicted octanol–water partition coefficient (Wildman–Crippen LogP) is 3.39. The fourth-order valence-corrected chi connectivity index (χ4v) is 2.65. The van der Waals surface area contributed by atoms with Crippen LogP contribution in [0, 0.1) is 6.92 Å². The summed E-state index contributed by atoms with van der Waals surface area (Å²) in [5, 5.41) is 3.62. The number of methoxy groups -OCH3 is 1. The number of hydrogen-bond acceptors (Lipinski definition) is 3. The molecule has 0 saturated heterocycles. The summed E-state index contributed by atoms with van der Waals surface area (Å²) in [4.78, 5) is 2.49. The third-order valence-electron chi connectivity index (χ3n) is 3.91. The molecule has 0 fully saturated rings. The summed E-state index contributed by atoms with van der Waals surface area (Å²) < 4.78 is 5.22. The second-order valence-electron chi connectivity index (χ2n) is 5.94. The molecular formula is C18H32N2O. The van der Waals surface area contributed by atoms with E-state index >= 15 is 0 Å². The molecule has 0 bridgehead atoms. The molecule has 1 N–H and O–H groups in total. The lowest BCUT2D eigenvalue weighted by Gasteiger charge is -2.28. The lowest BCUT2D eigenvalue weighted by atomic mass is 10.0. The van der Waals surface area contributed by atoms with Crippen LogP contribution in [-0.2, 0) is 4.74 Å². The second kappa shape index (κ2) is 9.93. The molecular weight excluding hydrogens is 260 g/mol. The van der Waals surface area contributed by atoms with Gasteiger partial charge in [-0.15, -0.1) is 0 Å². The molecule has 3 heteroatoms. The highest BCUT2D eigenvalue weighted by molar-refractivity contribution is 5.25. The Hall–Kier alpha value is -0.900.